The molecule has 1 aromatic rings. The number of aliphatic hydroxyl groups is 1. The van der Waals surface area contributed by atoms with Crippen LogP contribution in [0, 0.1) is 6.92 Å². The second-order valence-electron chi connectivity index (χ2n) is 4.46. The molecule has 1 aromatic heterocycles. The highest BCUT2D eigenvalue weighted by Gasteiger charge is 2.26. The zero-order chi connectivity index (χ0) is 13.2. The van der Waals surface area contributed by atoms with Gasteiger partial charge in [0.15, 0.2) is 6.29 Å². The van der Waals surface area contributed by atoms with Crippen LogP contribution in [0.15, 0.2) is 0 Å². The van der Waals surface area contributed by atoms with Gasteiger partial charge in [0.2, 0.25) is 0 Å². The first-order valence-corrected chi connectivity index (χ1v) is 5.61. The minimum Gasteiger partial charge on any atom is -0.391 e. The molecule has 0 bridgehead atoms. The Bertz CT molecular complexity index is 433. The molecule has 1 unspecified atom stereocenters. The number of aromatic nitrogens is 2. The Hall–Kier alpha value is -1.20. The van der Waals surface area contributed by atoms with E-state index < -0.39 is 11.6 Å². The third kappa shape index (κ3) is 3.14. The highest BCUT2D eigenvalue weighted by molar-refractivity contribution is 6.32. The molecular weight excluding hydrogens is 242 g/mol. The standard InChI is InChI=1S/C11H16ClN3O2/c1-6(17)11(3,4)15-10-8(5-16)9(12)13-7(2)14-10/h5-6,17H,1-4H3,(H,13,14,15). The van der Waals surface area contributed by atoms with E-state index in [1.54, 1.807) is 27.7 Å². The van der Waals surface area contributed by atoms with E-state index in [0.717, 1.165) is 0 Å². The van der Waals surface area contributed by atoms with E-state index in [9.17, 15) is 9.90 Å². The predicted molar refractivity (Wildman–Crippen MR) is 66.5 cm³/mol. The van der Waals surface area contributed by atoms with Crippen molar-refractivity contribution in [1.82, 2.24) is 9.97 Å². The van der Waals surface area contributed by atoms with Crippen LogP contribution in [0.25, 0.3) is 0 Å². The maximum atomic E-state index is 10.9. The SMILES string of the molecule is Cc1nc(Cl)c(C=O)c(NC(C)(C)C(C)O)n1. The molecule has 0 aromatic carbocycles. The van der Waals surface area contributed by atoms with Crippen LogP contribution in [0.5, 0.6) is 0 Å². The van der Waals surface area contributed by atoms with Crippen LogP contribution in [0.4, 0.5) is 5.82 Å². The van der Waals surface area contributed by atoms with Gasteiger partial charge in [-0.15, -0.1) is 0 Å². The molecule has 1 heterocycles. The average molecular weight is 258 g/mol. The highest BCUT2D eigenvalue weighted by Crippen LogP contribution is 2.23. The van der Waals surface area contributed by atoms with Gasteiger partial charge in [0.25, 0.3) is 0 Å². The Morgan fingerprint density at radius 3 is 2.53 bits per heavy atom. The maximum absolute atomic E-state index is 10.9. The number of hydrogen-bond donors (Lipinski definition) is 2. The summed E-state index contributed by atoms with van der Waals surface area (Å²) < 4.78 is 0. The molecule has 2 N–H and O–H groups in total. The van der Waals surface area contributed by atoms with Crippen molar-refractivity contribution in [2.24, 2.45) is 0 Å². The molecule has 0 radical (unpaired) electrons. The number of anilines is 1. The molecule has 1 atom stereocenters. The largest absolute Gasteiger partial charge is 0.391 e. The second kappa shape index (κ2) is 4.98. The monoisotopic (exact) mass is 257 g/mol. The molecule has 0 amide bonds. The molecule has 0 aliphatic heterocycles. The summed E-state index contributed by atoms with van der Waals surface area (Å²) in [5.41, 5.74) is -0.423. The number of nitrogens with one attached hydrogen (secondary N) is 1. The number of rotatable bonds is 4. The van der Waals surface area contributed by atoms with Gasteiger partial charge in [-0.25, -0.2) is 9.97 Å². The molecular formula is C11H16ClN3O2. The summed E-state index contributed by atoms with van der Waals surface area (Å²) in [6.45, 7) is 6.94. The van der Waals surface area contributed by atoms with Crippen LogP contribution in [0.1, 0.15) is 37.0 Å². The van der Waals surface area contributed by atoms with Crippen LogP contribution in [-0.4, -0.2) is 33.0 Å². The molecule has 1 rings (SSSR count). The first-order chi connectivity index (χ1) is 7.77. The van der Waals surface area contributed by atoms with Crippen molar-refractivity contribution in [1.29, 1.82) is 0 Å². The third-order valence-corrected chi connectivity index (χ3v) is 2.90. The Labute approximate surface area is 105 Å². The molecule has 94 valence electrons. The molecule has 0 aliphatic rings. The van der Waals surface area contributed by atoms with E-state index in [2.05, 4.69) is 15.3 Å². The van der Waals surface area contributed by atoms with Gasteiger partial charge in [0.1, 0.15) is 16.8 Å². The van der Waals surface area contributed by atoms with E-state index in [0.29, 0.717) is 17.9 Å². The van der Waals surface area contributed by atoms with Crippen molar-refractivity contribution in [3.05, 3.63) is 16.5 Å². The summed E-state index contributed by atoms with van der Waals surface area (Å²) in [5.74, 6) is 0.799. The molecule has 0 spiro atoms. The van der Waals surface area contributed by atoms with Crippen molar-refractivity contribution >= 4 is 23.7 Å². The lowest BCUT2D eigenvalue weighted by Crippen LogP contribution is -2.42. The number of aldehydes is 1. The summed E-state index contributed by atoms with van der Waals surface area (Å²) in [7, 11) is 0. The van der Waals surface area contributed by atoms with Crippen molar-refractivity contribution < 1.29 is 9.90 Å². The first-order valence-electron chi connectivity index (χ1n) is 5.23. The lowest BCUT2D eigenvalue weighted by Gasteiger charge is -2.30. The quantitative estimate of drug-likeness (QED) is 0.636. The van der Waals surface area contributed by atoms with Crippen LogP contribution in [0.3, 0.4) is 0 Å². The Balaban J connectivity index is 3.18. The molecule has 6 heteroatoms. The maximum Gasteiger partial charge on any atom is 0.156 e. The summed E-state index contributed by atoms with van der Waals surface area (Å²) in [4.78, 5) is 19.0. The summed E-state index contributed by atoms with van der Waals surface area (Å²) in [6, 6.07) is 0. The van der Waals surface area contributed by atoms with Gasteiger partial charge >= 0.3 is 0 Å². The number of aryl methyl sites for hydroxylation is 1. The van der Waals surface area contributed by atoms with Gasteiger partial charge in [-0.1, -0.05) is 11.6 Å². The lowest BCUT2D eigenvalue weighted by molar-refractivity contribution is 0.112. The van der Waals surface area contributed by atoms with E-state index in [1.807, 2.05) is 0 Å². The molecule has 17 heavy (non-hydrogen) atoms. The summed E-state index contributed by atoms with van der Waals surface area (Å²) in [5, 5.41) is 12.7. The van der Waals surface area contributed by atoms with Gasteiger partial charge in [-0.2, -0.15) is 0 Å². The van der Waals surface area contributed by atoms with Crippen LogP contribution < -0.4 is 5.32 Å². The number of aliphatic hydroxyl groups excluding tert-OH is 1. The first kappa shape index (κ1) is 13.9. The van der Waals surface area contributed by atoms with E-state index >= 15 is 0 Å². The van der Waals surface area contributed by atoms with Crippen LogP contribution in [-0.2, 0) is 0 Å². The number of hydrogen-bond acceptors (Lipinski definition) is 5. The zero-order valence-electron chi connectivity index (χ0n) is 10.3. The fourth-order valence-electron chi connectivity index (χ4n) is 1.16. The Morgan fingerprint density at radius 1 is 1.47 bits per heavy atom. The fraction of sp³-hybridized carbons (Fsp3) is 0.545. The van der Waals surface area contributed by atoms with Gasteiger partial charge < -0.3 is 10.4 Å². The van der Waals surface area contributed by atoms with Crippen molar-refractivity contribution in [2.75, 3.05) is 5.32 Å². The fourth-order valence-corrected chi connectivity index (χ4v) is 1.41. The van der Waals surface area contributed by atoms with E-state index in [4.69, 9.17) is 11.6 Å². The third-order valence-electron chi connectivity index (χ3n) is 2.61. The van der Waals surface area contributed by atoms with Crippen LogP contribution in [0.2, 0.25) is 5.15 Å². The normalized spacial score (nSPS) is 13.3. The van der Waals surface area contributed by atoms with E-state index in [1.165, 1.54) is 0 Å². The molecule has 0 saturated heterocycles. The average Bonchev–Trinajstić information content (AvgIpc) is 2.15. The zero-order valence-corrected chi connectivity index (χ0v) is 11.0. The van der Waals surface area contributed by atoms with Crippen molar-refractivity contribution in [2.45, 2.75) is 39.3 Å². The molecule has 0 aliphatic carbocycles. The van der Waals surface area contributed by atoms with Crippen molar-refractivity contribution in [3.8, 4) is 0 Å². The molecule has 5 nitrogen and oxygen atoms in total. The molecule has 0 saturated carbocycles. The lowest BCUT2D eigenvalue weighted by atomic mass is 9.98. The Morgan fingerprint density at radius 2 is 2.06 bits per heavy atom. The summed E-state index contributed by atoms with van der Waals surface area (Å²) in [6.07, 6.45) is -0.0153. The van der Waals surface area contributed by atoms with Gasteiger partial charge in [0.05, 0.1) is 17.2 Å². The summed E-state index contributed by atoms with van der Waals surface area (Å²) >= 11 is 5.86. The smallest absolute Gasteiger partial charge is 0.156 e. The van der Waals surface area contributed by atoms with E-state index in [-0.39, 0.29) is 10.7 Å². The number of nitrogens with zero attached hydrogens (tertiary/aromatic N) is 2. The number of carbonyl (C=O) groups is 1. The number of halogens is 1. The van der Waals surface area contributed by atoms with Crippen molar-refractivity contribution in [3.63, 3.8) is 0 Å². The minimum absolute atomic E-state index is 0.108. The van der Waals surface area contributed by atoms with Gasteiger partial charge in [0, 0.05) is 0 Å². The van der Waals surface area contributed by atoms with Crippen LogP contribution >= 0.6 is 11.6 Å². The minimum atomic E-state index is -0.623. The van der Waals surface area contributed by atoms with Gasteiger partial charge in [-0.05, 0) is 27.7 Å². The second-order valence-corrected chi connectivity index (χ2v) is 4.82. The highest BCUT2D eigenvalue weighted by atomic mass is 35.5. The van der Waals surface area contributed by atoms with Gasteiger partial charge in [-0.3, -0.25) is 4.79 Å². The Kier molecular flexibility index (Phi) is 4.06. The predicted octanol–water partition coefficient (Wildman–Crippen LogP) is 1.82. The molecule has 0 fully saturated rings. The topological polar surface area (TPSA) is 75.1 Å². The number of carbonyl (C=O) groups excluding carboxylic acids is 1.